The third-order valence-corrected chi connectivity index (χ3v) is 15.9. The second kappa shape index (κ2) is 28.3. The molecule has 0 spiro atoms. The topological polar surface area (TPSA) is 242 Å². The molecule has 0 aromatic heterocycles. The van der Waals surface area contributed by atoms with E-state index in [1.807, 2.05) is 51.2 Å². The van der Waals surface area contributed by atoms with Gasteiger partial charge in [-0.25, -0.2) is 4.79 Å². The Balaban J connectivity index is 1.69. The van der Waals surface area contributed by atoms with Crippen molar-refractivity contribution in [1.29, 1.82) is 0 Å². The number of nitrogens with zero attached hydrogens (tertiary/aromatic N) is 1. The Kier molecular flexibility index (Phi) is 23.9. The molecule has 1 amide bonds. The lowest BCUT2D eigenvalue weighted by Gasteiger charge is -2.42. The number of hydrogen-bond acceptors (Lipinski definition) is 16. The molecule has 0 aromatic carbocycles. The molecule has 4 aliphatic rings. The lowest BCUT2D eigenvalue weighted by molar-refractivity contribution is -0.265. The Morgan fingerprint density at radius 1 is 0.863 bits per heavy atom. The Hall–Kier alpha value is -3.94. The number of aliphatic hydroxyl groups excluding tert-OH is 3. The van der Waals surface area contributed by atoms with Crippen molar-refractivity contribution in [1.82, 2.24) is 4.90 Å². The second-order valence-corrected chi connectivity index (χ2v) is 21.8. The average Bonchev–Trinajstić information content (AvgIpc) is 3.37. The van der Waals surface area contributed by atoms with Crippen molar-refractivity contribution in [3.05, 3.63) is 47.6 Å². The number of carbonyl (C=O) groups excluding carboxylic acids is 6. The highest BCUT2D eigenvalue weighted by molar-refractivity contribution is 6.39. The Bertz CT molecular complexity index is 2010. The largest absolute Gasteiger partial charge is 0.460 e. The van der Waals surface area contributed by atoms with E-state index in [4.69, 9.17) is 28.4 Å². The molecule has 4 N–H and O–H groups in total. The molecule has 17 heteroatoms. The Morgan fingerprint density at radius 3 is 2.21 bits per heavy atom. The summed E-state index contributed by atoms with van der Waals surface area (Å²) in [5, 5.41) is 43.1. The van der Waals surface area contributed by atoms with Gasteiger partial charge in [0.05, 0.1) is 31.5 Å². The van der Waals surface area contributed by atoms with Gasteiger partial charge in [-0.2, -0.15) is 0 Å². The van der Waals surface area contributed by atoms with Crippen LogP contribution in [0.3, 0.4) is 0 Å². The van der Waals surface area contributed by atoms with Crippen molar-refractivity contribution in [3.63, 3.8) is 0 Å². The van der Waals surface area contributed by atoms with E-state index in [1.165, 1.54) is 21.1 Å². The summed E-state index contributed by atoms with van der Waals surface area (Å²) in [7, 11) is 4.43. The average molecular weight is 1030 g/mol. The lowest BCUT2D eigenvalue weighted by Crippen LogP contribution is -2.61. The molecule has 1 aliphatic carbocycles. The molecule has 0 aromatic rings. The van der Waals surface area contributed by atoms with Crippen LogP contribution in [0.2, 0.25) is 0 Å². The number of rotatable bonds is 10. The lowest BCUT2D eigenvalue weighted by atomic mass is 9.78. The van der Waals surface area contributed by atoms with Crippen molar-refractivity contribution in [2.75, 3.05) is 41.1 Å². The molecule has 412 valence electrons. The van der Waals surface area contributed by atoms with E-state index in [1.54, 1.807) is 40.9 Å². The first-order valence-corrected chi connectivity index (χ1v) is 26.4. The van der Waals surface area contributed by atoms with E-state index in [2.05, 4.69) is 0 Å². The molecule has 3 aliphatic heterocycles. The van der Waals surface area contributed by atoms with Crippen molar-refractivity contribution >= 4 is 35.2 Å². The van der Waals surface area contributed by atoms with E-state index in [0.717, 1.165) is 10.5 Å². The van der Waals surface area contributed by atoms with Crippen LogP contribution in [-0.4, -0.2) is 156 Å². The van der Waals surface area contributed by atoms with Crippen LogP contribution in [0.4, 0.5) is 0 Å². The molecule has 15 atom stereocenters. The molecule has 4 rings (SSSR count). The van der Waals surface area contributed by atoms with Gasteiger partial charge in [0.15, 0.2) is 5.78 Å². The number of fused-ring (bicyclic) bond motifs is 3. The predicted molar refractivity (Wildman–Crippen MR) is 271 cm³/mol. The van der Waals surface area contributed by atoms with Gasteiger partial charge in [0, 0.05) is 58.5 Å². The quantitative estimate of drug-likeness (QED) is 0.116. The van der Waals surface area contributed by atoms with Crippen molar-refractivity contribution in [2.24, 2.45) is 40.9 Å². The number of cyclic esters (lactones) is 1. The summed E-state index contributed by atoms with van der Waals surface area (Å²) in [5.74, 6) is -9.36. The van der Waals surface area contributed by atoms with Crippen LogP contribution >= 0.6 is 0 Å². The molecule has 17 nitrogen and oxygen atoms in total. The first-order chi connectivity index (χ1) is 34.5. The summed E-state index contributed by atoms with van der Waals surface area (Å²) in [4.78, 5) is 85.4. The van der Waals surface area contributed by atoms with Crippen LogP contribution in [0.15, 0.2) is 47.6 Å². The second-order valence-electron chi connectivity index (χ2n) is 21.8. The van der Waals surface area contributed by atoms with Gasteiger partial charge in [-0.3, -0.25) is 24.0 Å². The summed E-state index contributed by atoms with van der Waals surface area (Å²) in [6.45, 7) is 12.7. The predicted octanol–water partition coefficient (Wildman–Crippen LogP) is 5.72. The zero-order valence-corrected chi connectivity index (χ0v) is 45.3. The molecule has 3 heterocycles. The van der Waals surface area contributed by atoms with Gasteiger partial charge in [-0.1, -0.05) is 71.1 Å². The number of ether oxygens (including phenoxy) is 6. The zero-order chi connectivity index (χ0) is 54.4. The first-order valence-electron chi connectivity index (χ1n) is 26.4. The van der Waals surface area contributed by atoms with Crippen molar-refractivity contribution in [3.8, 4) is 0 Å². The number of esters is 2. The van der Waals surface area contributed by atoms with Crippen LogP contribution in [0.1, 0.15) is 132 Å². The van der Waals surface area contributed by atoms with Gasteiger partial charge >= 0.3 is 11.9 Å². The van der Waals surface area contributed by atoms with Gasteiger partial charge in [0.2, 0.25) is 5.79 Å². The van der Waals surface area contributed by atoms with Crippen LogP contribution < -0.4 is 0 Å². The Morgan fingerprint density at radius 2 is 1.56 bits per heavy atom. The number of carbonyl (C=O) groups is 6. The van der Waals surface area contributed by atoms with Crippen molar-refractivity contribution < 1.29 is 77.6 Å². The minimum atomic E-state index is -2.47. The summed E-state index contributed by atoms with van der Waals surface area (Å²) in [6.07, 6.45) is 9.76. The highest BCUT2D eigenvalue weighted by atomic mass is 16.6. The molecule has 2 bridgehead atoms. The van der Waals surface area contributed by atoms with E-state index in [0.29, 0.717) is 69.8 Å². The van der Waals surface area contributed by atoms with Gasteiger partial charge in [0.25, 0.3) is 11.7 Å². The number of amides is 1. The molecule has 1 unspecified atom stereocenters. The highest BCUT2D eigenvalue weighted by Gasteiger charge is 2.53. The maximum Gasteiger partial charge on any atom is 0.329 e. The molecule has 0 radical (unpaired) electrons. The maximum absolute atomic E-state index is 14.5. The monoisotopic (exact) mass is 1030 g/mol. The van der Waals surface area contributed by atoms with Gasteiger partial charge in [0.1, 0.15) is 41.7 Å². The molecule has 1 saturated carbocycles. The molecular formula is C56H87NO16. The fraction of sp³-hybridized carbons (Fsp3) is 0.750. The summed E-state index contributed by atoms with van der Waals surface area (Å²) in [5.41, 5.74) is -0.277. The van der Waals surface area contributed by atoms with E-state index in [9.17, 15) is 49.2 Å². The van der Waals surface area contributed by atoms with Crippen LogP contribution in [0, 0.1) is 40.9 Å². The summed E-state index contributed by atoms with van der Waals surface area (Å²) in [6, 6.07) is -1.20. The smallest absolute Gasteiger partial charge is 0.329 e. The van der Waals surface area contributed by atoms with E-state index in [-0.39, 0.29) is 42.8 Å². The van der Waals surface area contributed by atoms with Crippen molar-refractivity contribution in [2.45, 2.75) is 187 Å². The van der Waals surface area contributed by atoms with Gasteiger partial charge in [-0.05, 0) is 114 Å². The van der Waals surface area contributed by atoms with Crippen LogP contribution in [0.25, 0.3) is 0 Å². The first kappa shape index (κ1) is 61.6. The zero-order valence-electron chi connectivity index (χ0n) is 45.3. The fourth-order valence-corrected chi connectivity index (χ4v) is 10.7. The molecule has 73 heavy (non-hydrogen) atoms. The third-order valence-electron chi connectivity index (χ3n) is 15.9. The van der Waals surface area contributed by atoms with E-state index < -0.39 is 120 Å². The summed E-state index contributed by atoms with van der Waals surface area (Å²) < 4.78 is 35.4. The SMILES string of the molecule is CO[C@H]1CC2CC[C@@H](C)[C@@](O)(O2)C(=O)C(=O)N2CCCC[C@H]2C(=O)O[C@H]([C@H](C)C[C@@H]2CC[C@@H](OC(=O)C(C)(CO)CO)[C@H](OC)C2)CC(=O)[C@H](C)/C=C(\C)[C@@H](O)[C@@H](OC)C(=O)[C@H](C)C[C@H](C)\C=C/C=C/C=C/1C. The standard InChI is InChI=1S/C56H87NO16/c1-33-17-13-12-14-18-34(2)45(68-9)29-41-22-20-39(7)56(67,73-41)51(63)52(64)57-24-16-15-19-42(57)53(65)71-46(30-43(60)35(3)26-38(6)49(62)50(70-11)48(61)37(5)25-33)36(4)27-40-21-23-44(47(28-40)69-10)72-54(66)55(8,31-58)32-59/h12-14,17-18,26,33,35-37,39-42,44-47,49-50,58-59,62,67H,15-16,19-25,27-32H2,1-11H3/b14-12+,17-13-,34-18+,38-26+/t33-,35-,36-,37-,39-,40+,41?,42+,44-,45+,46+,47-,49-,50+,56-/m1/s1. The van der Waals surface area contributed by atoms with E-state index >= 15 is 0 Å². The third kappa shape index (κ3) is 16.0. The number of aliphatic hydroxyl groups is 4. The molecular weight excluding hydrogens is 943 g/mol. The van der Waals surface area contributed by atoms with Gasteiger partial charge in [-0.15, -0.1) is 0 Å². The van der Waals surface area contributed by atoms with Crippen LogP contribution in [0.5, 0.6) is 0 Å². The Labute approximate surface area is 433 Å². The highest BCUT2D eigenvalue weighted by Crippen LogP contribution is 2.38. The summed E-state index contributed by atoms with van der Waals surface area (Å²) >= 11 is 0. The van der Waals surface area contributed by atoms with Gasteiger partial charge < -0.3 is 53.7 Å². The maximum atomic E-state index is 14.5. The fourth-order valence-electron chi connectivity index (χ4n) is 10.7. The number of ketones is 3. The number of methoxy groups -OCH3 is 3. The minimum Gasteiger partial charge on any atom is -0.460 e. The number of Topliss-reactive ketones (excluding diaryl/α,β-unsaturated/α-hetero) is 3. The number of piperidine rings is 1. The number of hydrogen-bond donors (Lipinski definition) is 4. The minimum absolute atomic E-state index is 0.00697. The molecule has 3 fully saturated rings. The number of allylic oxidation sites excluding steroid dienone is 6. The molecule has 2 saturated heterocycles. The normalized spacial score (nSPS) is 37.4. The van der Waals surface area contributed by atoms with Crippen LogP contribution in [-0.2, 0) is 57.2 Å².